The second-order valence-electron chi connectivity index (χ2n) is 6.74. The lowest BCUT2D eigenvalue weighted by atomic mass is 10.1. The smallest absolute Gasteiger partial charge is 0.328 e. The molecule has 1 atom stereocenters. The molecule has 0 bridgehead atoms. The van der Waals surface area contributed by atoms with Crippen LogP contribution in [-0.2, 0) is 14.3 Å². The Morgan fingerprint density at radius 3 is 1.92 bits per heavy atom. The number of unbranched alkanes of at least 4 members (excludes halogenated alkanes) is 10. The summed E-state index contributed by atoms with van der Waals surface area (Å²) in [5.41, 5.74) is 0. The molecule has 0 aliphatic carbocycles. The van der Waals surface area contributed by atoms with E-state index < -0.39 is 6.04 Å². The van der Waals surface area contributed by atoms with E-state index in [0.717, 1.165) is 18.6 Å². The van der Waals surface area contributed by atoms with Gasteiger partial charge in [-0.3, -0.25) is 4.79 Å². The number of hydrogen-bond acceptors (Lipinski definition) is 4. The van der Waals surface area contributed by atoms with Crippen LogP contribution >= 0.6 is 11.8 Å². The average molecular weight is 374 g/mol. The summed E-state index contributed by atoms with van der Waals surface area (Å²) in [6.07, 6.45) is 16.6. The molecule has 0 aromatic carbocycles. The van der Waals surface area contributed by atoms with Gasteiger partial charge in [0, 0.05) is 6.92 Å². The number of nitrogens with one attached hydrogen (secondary N) is 1. The maximum absolute atomic E-state index is 12.0. The van der Waals surface area contributed by atoms with E-state index in [4.69, 9.17) is 4.74 Å². The van der Waals surface area contributed by atoms with Gasteiger partial charge in [0.05, 0.1) is 6.61 Å². The van der Waals surface area contributed by atoms with E-state index in [1.165, 1.54) is 64.7 Å². The van der Waals surface area contributed by atoms with Gasteiger partial charge in [-0.1, -0.05) is 71.1 Å². The number of ether oxygens (including phenoxy) is 1. The number of carbonyl (C=O) groups excluding carboxylic acids is 2. The third-order valence-corrected chi connectivity index (χ3v) is 4.91. The normalized spacial score (nSPS) is 12.0. The fourth-order valence-corrected chi connectivity index (χ4v) is 3.24. The van der Waals surface area contributed by atoms with Gasteiger partial charge in [0.1, 0.15) is 6.04 Å². The monoisotopic (exact) mass is 373 g/mol. The molecule has 0 radical (unpaired) electrons. The van der Waals surface area contributed by atoms with Crippen molar-refractivity contribution in [1.29, 1.82) is 0 Å². The van der Waals surface area contributed by atoms with Crippen LogP contribution < -0.4 is 5.32 Å². The molecule has 0 heterocycles. The van der Waals surface area contributed by atoms with Gasteiger partial charge in [0.2, 0.25) is 5.91 Å². The number of rotatable bonds is 17. The van der Waals surface area contributed by atoms with Crippen molar-refractivity contribution in [2.45, 2.75) is 96.9 Å². The largest absolute Gasteiger partial charge is 0.464 e. The second kappa shape index (κ2) is 18.1. The highest BCUT2D eigenvalue weighted by Crippen LogP contribution is 2.11. The minimum absolute atomic E-state index is 0.183. The molecule has 5 heteroatoms. The Kier molecular flexibility index (Phi) is 17.6. The Bertz CT molecular complexity index is 337. The molecule has 4 nitrogen and oxygen atoms in total. The minimum Gasteiger partial charge on any atom is -0.464 e. The second-order valence-corrected chi connectivity index (χ2v) is 7.72. The van der Waals surface area contributed by atoms with Gasteiger partial charge in [-0.05, 0) is 24.9 Å². The molecule has 25 heavy (non-hydrogen) atoms. The first kappa shape index (κ1) is 24.3. The summed E-state index contributed by atoms with van der Waals surface area (Å²) in [4.78, 5) is 23.2. The lowest BCUT2D eigenvalue weighted by Crippen LogP contribution is -2.41. The van der Waals surface area contributed by atoms with Crippen LogP contribution in [0.5, 0.6) is 0 Å². The zero-order valence-corrected chi connectivity index (χ0v) is 17.4. The molecule has 0 aromatic heterocycles. The Morgan fingerprint density at radius 1 is 0.920 bits per heavy atom. The van der Waals surface area contributed by atoms with Crippen LogP contribution in [0.1, 0.15) is 90.9 Å². The minimum atomic E-state index is -0.502. The van der Waals surface area contributed by atoms with Gasteiger partial charge in [0.25, 0.3) is 0 Å². The van der Waals surface area contributed by atoms with Gasteiger partial charge in [-0.25, -0.2) is 4.79 Å². The standard InChI is InChI=1S/C20H39NO3S/c1-4-5-6-7-8-9-10-11-12-13-14-16-24-20(23)19(15-17-25-3)21-18(2)22/h19H,4-17H2,1-3H3,(H,21,22)/t19-/m0/s1. The van der Waals surface area contributed by atoms with Crippen molar-refractivity contribution in [2.24, 2.45) is 0 Å². The van der Waals surface area contributed by atoms with Crippen molar-refractivity contribution in [3.8, 4) is 0 Å². The fraction of sp³-hybridized carbons (Fsp3) is 0.900. The molecule has 0 unspecified atom stereocenters. The zero-order valence-electron chi connectivity index (χ0n) is 16.6. The maximum Gasteiger partial charge on any atom is 0.328 e. The summed E-state index contributed by atoms with van der Waals surface area (Å²) in [5, 5.41) is 2.68. The van der Waals surface area contributed by atoms with E-state index in [1.807, 2.05) is 6.26 Å². The number of thioether (sulfide) groups is 1. The topological polar surface area (TPSA) is 55.4 Å². The summed E-state index contributed by atoms with van der Waals surface area (Å²) < 4.78 is 5.32. The highest BCUT2D eigenvalue weighted by molar-refractivity contribution is 7.98. The summed E-state index contributed by atoms with van der Waals surface area (Å²) in [6.45, 7) is 4.15. The van der Waals surface area contributed by atoms with Crippen molar-refractivity contribution < 1.29 is 14.3 Å². The summed E-state index contributed by atoms with van der Waals surface area (Å²) in [5.74, 6) is 0.354. The molecule has 0 aliphatic rings. The van der Waals surface area contributed by atoms with Gasteiger partial charge >= 0.3 is 5.97 Å². The van der Waals surface area contributed by atoms with Crippen LogP contribution in [0.3, 0.4) is 0 Å². The Balaban J connectivity index is 3.55. The van der Waals surface area contributed by atoms with Crippen LogP contribution in [0.15, 0.2) is 0 Å². The predicted octanol–water partition coefficient (Wildman–Crippen LogP) is 5.10. The first-order chi connectivity index (χ1) is 12.1. The highest BCUT2D eigenvalue weighted by Gasteiger charge is 2.20. The van der Waals surface area contributed by atoms with E-state index in [1.54, 1.807) is 11.8 Å². The van der Waals surface area contributed by atoms with Crippen LogP contribution in [0.25, 0.3) is 0 Å². The van der Waals surface area contributed by atoms with E-state index in [-0.39, 0.29) is 11.9 Å². The Hall–Kier alpha value is -0.710. The van der Waals surface area contributed by atoms with Crippen LogP contribution in [0.4, 0.5) is 0 Å². The molecular formula is C20H39NO3S. The van der Waals surface area contributed by atoms with Gasteiger partial charge in [-0.2, -0.15) is 11.8 Å². The van der Waals surface area contributed by atoms with Crippen molar-refractivity contribution in [1.82, 2.24) is 5.32 Å². The number of amides is 1. The van der Waals surface area contributed by atoms with Crippen LogP contribution in [0.2, 0.25) is 0 Å². The molecular weight excluding hydrogens is 334 g/mol. The summed E-state index contributed by atoms with van der Waals surface area (Å²) in [6, 6.07) is -0.502. The molecule has 0 spiro atoms. The van der Waals surface area contributed by atoms with Crippen molar-refractivity contribution in [2.75, 3.05) is 18.6 Å². The summed E-state index contributed by atoms with van der Waals surface area (Å²) in [7, 11) is 0. The molecule has 1 N–H and O–H groups in total. The van der Waals surface area contributed by atoms with Gasteiger partial charge < -0.3 is 10.1 Å². The van der Waals surface area contributed by atoms with E-state index >= 15 is 0 Å². The molecule has 1 amide bonds. The molecule has 148 valence electrons. The average Bonchev–Trinajstić information content (AvgIpc) is 2.59. The van der Waals surface area contributed by atoms with Crippen LogP contribution in [0, 0.1) is 0 Å². The number of hydrogen-bond donors (Lipinski definition) is 1. The molecule has 0 fully saturated rings. The van der Waals surface area contributed by atoms with Crippen molar-refractivity contribution in [3.63, 3.8) is 0 Å². The van der Waals surface area contributed by atoms with Crippen LogP contribution in [-0.4, -0.2) is 36.5 Å². The highest BCUT2D eigenvalue weighted by atomic mass is 32.2. The maximum atomic E-state index is 12.0. The quantitative estimate of drug-likeness (QED) is 0.285. The zero-order chi connectivity index (χ0) is 18.8. The Labute approximate surface area is 159 Å². The molecule has 0 aliphatic heterocycles. The van der Waals surface area contributed by atoms with Gasteiger partial charge in [-0.15, -0.1) is 0 Å². The van der Waals surface area contributed by atoms with Gasteiger partial charge in [0.15, 0.2) is 0 Å². The molecule has 0 saturated heterocycles. The number of carbonyl (C=O) groups is 2. The third-order valence-electron chi connectivity index (χ3n) is 4.26. The lowest BCUT2D eigenvalue weighted by Gasteiger charge is -2.16. The van der Waals surface area contributed by atoms with E-state index in [2.05, 4.69) is 12.2 Å². The predicted molar refractivity (Wildman–Crippen MR) is 108 cm³/mol. The van der Waals surface area contributed by atoms with E-state index in [9.17, 15) is 9.59 Å². The first-order valence-electron chi connectivity index (χ1n) is 10.0. The molecule has 0 saturated carbocycles. The SMILES string of the molecule is CCCCCCCCCCCCCOC(=O)[C@H](CCSC)NC(C)=O. The van der Waals surface area contributed by atoms with Crippen molar-refractivity contribution >= 4 is 23.6 Å². The molecule has 0 aromatic rings. The lowest BCUT2D eigenvalue weighted by molar-refractivity contribution is -0.147. The third kappa shape index (κ3) is 16.5. The van der Waals surface area contributed by atoms with Crippen molar-refractivity contribution in [3.05, 3.63) is 0 Å². The number of esters is 1. The fourth-order valence-electron chi connectivity index (χ4n) is 2.77. The Morgan fingerprint density at radius 2 is 1.44 bits per heavy atom. The first-order valence-corrected chi connectivity index (χ1v) is 11.4. The van der Waals surface area contributed by atoms with E-state index in [0.29, 0.717) is 13.0 Å². The molecule has 0 rings (SSSR count). The summed E-state index contributed by atoms with van der Waals surface area (Å²) >= 11 is 1.66.